The Labute approximate surface area is 124 Å². The molecule has 0 aliphatic rings. The van der Waals surface area contributed by atoms with Gasteiger partial charge in [-0.05, 0) is 42.9 Å². The molecular formula is C14H15Br2NO. The predicted molar refractivity (Wildman–Crippen MR) is 80.8 cm³/mol. The van der Waals surface area contributed by atoms with Crippen LogP contribution in [-0.2, 0) is 6.42 Å². The van der Waals surface area contributed by atoms with Crippen LogP contribution in [-0.4, -0.2) is 7.05 Å². The highest BCUT2D eigenvalue weighted by Crippen LogP contribution is 2.29. The molecule has 1 aromatic heterocycles. The molecule has 0 saturated heterocycles. The van der Waals surface area contributed by atoms with Crippen LogP contribution in [0.1, 0.15) is 30.0 Å². The molecular weight excluding hydrogens is 358 g/mol. The lowest BCUT2D eigenvalue weighted by molar-refractivity contribution is 0.434. The summed E-state index contributed by atoms with van der Waals surface area (Å²) < 4.78 is 7.93. The van der Waals surface area contributed by atoms with Crippen molar-refractivity contribution >= 4 is 31.9 Å². The quantitative estimate of drug-likeness (QED) is 0.843. The summed E-state index contributed by atoms with van der Waals surface area (Å²) in [5.74, 6) is 1.96. The fourth-order valence-corrected chi connectivity index (χ4v) is 3.28. The zero-order valence-electron chi connectivity index (χ0n) is 10.3. The number of halogens is 2. The number of nitrogens with one attached hydrogen (secondary N) is 1. The Balaban J connectivity index is 2.38. The van der Waals surface area contributed by atoms with Crippen LogP contribution in [0.15, 0.2) is 43.7 Å². The highest BCUT2D eigenvalue weighted by Gasteiger charge is 2.16. The molecule has 2 nitrogen and oxygen atoms in total. The van der Waals surface area contributed by atoms with Gasteiger partial charge in [-0.3, -0.25) is 0 Å². The lowest BCUT2D eigenvalue weighted by atomic mass is 10.1. The highest BCUT2D eigenvalue weighted by molar-refractivity contribution is 9.11. The average molecular weight is 373 g/mol. The minimum absolute atomic E-state index is 0.0686. The van der Waals surface area contributed by atoms with Crippen molar-refractivity contribution in [3.8, 4) is 0 Å². The van der Waals surface area contributed by atoms with Crippen molar-refractivity contribution in [2.24, 2.45) is 0 Å². The molecule has 0 aliphatic carbocycles. The van der Waals surface area contributed by atoms with Gasteiger partial charge in [-0.25, -0.2) is 0 Å². The Morgan fingerprint density at radius 3 is 2.33 bits per heavy atom. The fraction of sp³-hybridized carbons (Fsp3) is 0.286. The first-order valence-electron chi connectivity index (χ1n) is 5.86. The van der Waals surface area contributed by atoms with Crippen LogP contribution in [0.5, 0.6) is 0 Å². The molecule has 1 N–H and O–H groups in total. The summed E-state index contributed by atoms with van der Waals surface area (Å²) >= 11 is 7.03. The van der Waals surface area contributed by atoms with Crippen LogP contribution >= 0.6 is 31.9 Å². The molecule has 0 aliphatic heterocycles. The average Bonchev–Trinajstić information content (AvgIpc) is 2.77. The Kier molecular flexibility index (Phi) is 4.65. The number of hydrogen-bond acceptors (Lipinski definition) is 2. The molecule has 0 spiro atoms. The zero-order chi connectivity index (χ0) is 13.1. The first kappa shape index (κ1) is 13.8. The molecule has 4 heteroatoms. The van der Waals surface area contributed by atoms with E-state index in [1.807, 2.05) is 25.2 Å². The highest BCUT2D eigenvalue weighted by atomic mass is 79.9. The Bertz CT molecular complexity index is 516. The molecule has 2 rings (SSSR count). The monoisotopic (exact) mass is 371 g/mol. The lowest BCUT2D eigenvalue weighted by Crippen LogP contribution is -2.17. The Hall–Kier alpha value is -0.580. The maximum Gasteiger partial charge on any atom is 0.125 e. The minimum atomic E-state index is 0.0686. The molecule has 1 aromatic carbocycles. The van der Waals surface area contributed by atoms with Crippen LogP contribution in [0, 0.1) is 0 Å². The minimum Gasteiger partial charge on any atom is -0.464 e. The largest absolute Gasteiger partial charge is 0.464 e. The maximum absolute atomic E-state index is 5.83. The normalized spacial score (nSPS) is 12.7. The van der Waals surface area contributed by atoms with Crippen molar-refractivity contribution < 1.29 is 4.42 Å². The third-order valence-corrected chi connectivity index (χ3v) is 3.74. The van der Waals surface area contributed by atoms with Crippen LogP contribution in [0.4, 0.5) is 0 Å². The summed E-state index contributed by atoms with van der Waals surface area (Å²) in [6.07, 6.45) is 0.915. The summed E-state index contributed by atoms with van der Waals surface area (Å²) in [5.41, 5.74) is 1.16. The van der Waals surface area contributed by atoms with Crippen molar-refractivity contribution in [1.82, 2.24) is 5.32 Å². The van der Waals surface area contributed by atoms with E-state index >= 15 is 0 Å². The number of aryl methyl sites for hydroxylation is 1. The second-order valence-electron chi connectivity index (χ2n) is 4.08. The third kappa shape index (κ3) is 3.05. The molecule has 1 heterocycles. The van der Waals surface area contributed by atoms with Crippen LogP contribution in [0.3, 0.4) is 0 Å². The van der Waals surface area contributed by atoms with E-state index in [2.05, 4.69) is 56.2 Å². The molecule has 0 bridgehead atoms. The summed E-state index contributed by atoms with van der Waals surface area (Å²) in [4.78, 5) is 0. The number of hydrogen-bond donors (Lipinski definition) is 1. The van der Waals surface area contributed by atoms with E-state index in [4.69, 9.17) is 4.42 Å². The summed E-state index contributed by atoms with van der Waals surface area (Å²) in [7, 11) is 1.94. The molecule has 1 unspecified atom stereocenters. The van der Waals surface area contributed by atoms with Gasteiger partial charge >= 0.3 is 0 Å². The van der Waals surface area contributed by atoms with Gasteiger partial charge in [0, 0.05) is 15.4 Å². The second kappa shape index (κ2) is 6.04. The van der Waals surface area contributed by atoms with E-state index in [-0.39, 0.29) is 6.04 Å². The zero-order valence-corrected chi connectivity index (χ0v) is 13.5. The molecule has 0 amide bonds. The van der Waals surface area contributed by atoms with Gasteiger partial charge < -0.3 is 9.73 Å². The number of furan rings is 1. The first-order valence-corrected chi connectivity index (χ1v) is 7.44. The van der Waals surface area contributed by atoms with Crippen molar-refractivity contribution in [2.75, 3.05) is 7.05 Å². The van der Waals surface area contributed by atoms with E-state index in [9.17, 15) is 0 Å². The Morgan fingerprint density at radius 2 is 1.83 bits per heavy atom. The van der Waals surface area contributed by atoms with Gasteiger partial charge in [-0.1, -0.05) is 38.8 Å². The first-order chi connectivity index (χ1) is 8.63. The lowest BCUT2D eigenvalue weighted by Gasteiger charge is -2.15. The molecule has 1 atom stereocenters. The van der Waals surface area contributed by atoms with E-state index in [1.54, 1.807) is 0 Å². The van der Waals surface area contributed by atoms with E-state index < -0.39 is 0 Å². The number of benzene rings is 1. The Morgan fingerprint density at radius 1 is 1.17 bits per heavy atom. The van der Waals surface area contributed by atoms with Crippen molar-refractivity contribution in [3.63, 3.8) is 0 Å². The van der Waals surface area contributed by atoms with Gasteiger partial charge in [-0.2, -0.15) is 0 Å². The standard InChI is InChI=1S/C14H15Br2NO/c1-3-12-4-5-13(18-12)14(17-2)9-6-10(15)8-11(16)7-9/h4-8,14,17H,3H2,1-2H3. The van der Waals surface area contributed by atoms with E-state index in [1.165, 1.54) is 0 Å². The van der Waals surface area contributed by atoms with E-state index in [0.29, 0.717) is 0 Å². The summed E-state index contributed by atoms with van der Waals surface area (Å²) in [6, 6.07) is 10.4. The molecule has 2 aromatic rings. The van der Waals surface area contributed by atoms with Crippen molar-refractivity contribution in [2.45, 2.75) is 19.4 Å². The van der Waals surface area contributed by atoms with Gasteiger partial charge in [-0.15, -0.1) is 0 Å². The molecule has 0 saturated carbocycles. The van der Waals surface area contributed by atoms with Crippen LogP contribution in [0.2, 0.25) is 0 Å². The van der Waals surface area contributed by atoms with Gasteiger partial charge in [0.1, 0.15) is 11.5 Å². The SMILES string of the molecule is CCc1ccc(C(NC)c2cc(Br)cc(Br)c2)o1. The van der Waals surface area contributed by atoms with E-state index in [0.717, 1.165) is 32.5 Å². The third-order valence-electron chi connectivity index (χ3n) is 2.82. The topological polar surface area (TPSA) is 25.2 Å². The number of rotatable bonds is 4. The van der Waals surface area contributed by atoms with Crippen molar-refractivity contribution in [3.05, 3.63) is 56.4 Å². The maximum atomic E-state index is 5.83. The summed E-state index contributed by atoms with van der Waals surface area (Å²) in [5, 5.41) is 3.29. The van der Waals surface area contributed by atoms with Crippen molar-refractivity contribution in [1.29, 1.82) is 0 Å². The smallest absolute Gasteiger partial charge is 0.125 e. The second-order valence-corrected chi connectivity index (χ2v) is 5.91. The van der Waals surface area contributed by atoms with Crippen LogP contribution in [0.25, 0.3) is 0 Å². The molecule has 18 heavy (non-hydrogen) atoms. The molecule has 0 fully saturated rings. The molecule has 0 radical (unpaired) electrons. The van der Waals surface area contributed by atoms with Gasteiger partial charge in [0.25, 0.3) is 0 Å². The molecule has 96 valence electrons. The predicted octanol–water partition coefficient (Wildman–Crippen LogP) is 4.68. The van der Waals surface area contributed by atoms with Gasteiger partial charge in [0.15, 0.2) is 0 Å². The van der Waals surface area contributed by atoms with Gasteiger partial charge in [0.2, 0.25) is 0 Å². The van der Waals surface area contributed by atoms with Crippen LogP contribution < -0.4 is 5.32 Å². The fourth-order valence-electron chi connectivity index (χ4n) is 1.95. The van der Waals surface area contributed by atoms with Gasteiger partial charge in [0.05, 0.1) is 6.04 Å². The summed E-state index contributed by atoms with van der Waals surface area (Å²) in [6.45, 7) is 2.09.